The van der Waals surface area contributed by atoms with Crippen molar-refractivity contribution >= 4 is 0 Å². The van der Waals surface area contributed by atoms with Gasteiger partial charge >= 0.3 is 6.11 Å². The lowest BCUT2D eigenvalue weighted by molar-refractivity contribution is -0.189. The molecule has 0 heterocycles. The van der Waals surface area contributed by atoms with Gasteiger partial charge in [0.05, 0.1) is 0 Å². The molecule has 0 fully saturated rings. The number of halogens is 7. The highest BCUT2D eigenvalue weighted by molar-refractivity contribution is 5.71. The summed E-state index contributed by atoms with van der Waals surface area (Å²) in [4.78, 5) is 0. The van der Waals surface area contributed by atoms with E-state index in [1.807, 2.05) is 31.2 Å². The Balaban J connectivity index is 1.31. The van der Waals surface area contributed by atoms with Gasteiger partial charge in [-0.3, -0.25) is 0 Å². The van der Waals surface area contributed by atoms with E-state index in [1.165, 1.54) is 30.3 Å². The van der Waals surface area contributed by atoms with Crippen LogP contribution in [0.25, 0.3) is 33.4 Å². The fourth-order valence-corrected chi connectivity index (χ4v) is 4.81. The van der Waals surface area contributed by atoms with Crippen LogP contribution in [0.5, 0.6) is 5.75 Å². The van der Waals surface area contributed by atoms with Crippen LogP contribution in [0.2, 0.25) is 0 Å². The van der Waals surface area contributed by atoms with Gasteiger partial charge < -0.3 is 4.74 Å². The largest absolute Gasteiger partial charge is 0.432 e. The molecule has 5 rings (SSSR count). The summed E-state index contributed by atoms with van der Waals surface area (Å²) in [6.07, 6.45) is 1.26. The van der Waals surface area contributed by atoms with Crippen molar-refractivity contribution < 1.29 is 35.5 Å². The van der Waals surface area contributed by atoms with Gasteiger partial charge in [-0.05, 0) is 95.6 Å². The zero-order valence-electron chi connectivity index (χ0n) is 23.4. The number of benzene rings is 5. The molecule has 5 aromatic rings. The van der Waals surface area contributed by atoms with Gasteiger partial charge in [0.2, 0.25) is 0 Å². The first-order chi connectivity index (χ1) is 21.1. The molecule has 0 bridgehead atoms. The number of ether oxygens (including phenoxy) is 1. The maximum atomic E-state index is 15.0. The Bertz CT molecular complexity index is 1790. The normalized spacial score (nSPS) is 11.7. The fourth-order valence-electron chi connectivity index (χ4n) is 4.81. The Morgan fingerprint density at radius 3 is 1.73 bits per heavy atom. The minimum absolute atomic E-state index is 0.0411. The van der Waals surface area contributed by atoms with Gasteiger partial charge in [0.15, 0.2) is 11.6 Å². The van der Waals surface area contributed by atoms with E-state index in [0.29, 0.717) is 16.7 Å². The third kappa shape index (κ3) is 6.70. The molecule has 0 amide bonds. The summed E-state index contributed by atoms with van der Waals surface area (Å²) >= 11 is 0. The molecule has 0 saturated carbocycles. The van der Waals surface area contributed by atoms with Crippen molar-refractivity contribution in [3.05, 3.63) is 149 Å². The number of allylic oxidation sites excluding steroid dienone is 2. The number of hydrogen-bond acceptors (Lipinski definition) is 1. The van der Waals surface area contributed by atoms with E-state index in [0.717, 1.165) is 60.9 Å². The highest BCUT2D eigenvalue weighted by atomic mass is 19.3. The first kappa shape index (κ1) is 30.6. The summed E-state index contributed by atoms with van der Waals surface area (Å²) in [6.45, 7) is 1.93. The first-order valence-corrected chi connectivity index (χ1v) is 13.7. The Labute approximate surface area is 249 Å². The van der Waals surface area contributed by atoms with Crippen LogP contribution in [0.15, 0.2) is 109 Å². The topological polar surface area (TPSA) is 9.23 Å². The average molecular weight is 607 g/mol. The Hall–Kier alpha value is -4.85. The summed E-state index contributed by atoms with van der Waals surface area (Å²) in [5.74, 6) is -6.19. The second-order valence-corrected chi connectivity index (χ2v) is 10.1. The molecular formula is C36H25F7O. The molecule has 224 valence electrons. The maximum absolute atomic E-state index is 15.0. The van der Waals surface area contributed by atoms with E-state index in [2.05, 4.69) is 0 Å². The van der Waals surface area contributed by atoms with Crippen molar-refractivity contribution in [2.75, 3.05) is 0 Å². The molecular weight excluding hydrogens is 581 g/mol. The number of rotatable bonds is 9. The van der Waals surface area contributed by atoms with Crippen LogP contribution >= 0.6 is 0 Å². The lowest BCUT2D eigenvalue weighted by Gasteiger charge is -2.20. The summed E-state index contributed by atoms with van der Waals surface area (Å²) in [5.41, 5.74) is 1.04. The SMILES string of the molecule is C/C=C/CCc1ccc(-c2cc(F)c(C(F)(F)Oc3ccc(-c4ccc(-c5ccc(F)c(F)c5)c(F)c4)cc3)c(F)c2)cc1. The zero-order valence-corrected chi connectivity index (χ0v) is 23.4. The lowest BCUT2D eigenvalue weighted by Crippen LogP contribution is -2.25. The second-order valence-electron chi connectivity index (χ2n) is 10.1. The van der Waals surface area contributed by atoms with E-state index in [9.17, 15) is 22.0 Å². The predicted octanol–water partition coefficient (Wildman–Crippen LogP) is 11.0. The molecule has 1 nitrogen and oxygen atoms in total. The van der Waals surface area contributed by atoms with Crippen molar-refractivity contribution in [1.82, 2.24) is 0 Å². The molecule has 0 aliphatic heterocycles. The van der Waals surface area contributed by atoms with Crippen molar-refractivity contribution in [2.45, 2.75) is 25.9 Å². The number of hydrogen-bond donors (Lipinski definition) is 0. The van der Waals surface area contributed by atoms with Gasteiger partial charge in [0, 0.05) is 5.56 Å². The highest BCUT2D eigenvalue weighted by Crippen LogP contribution is 2.38. The van der Waals surface area contributed by atoms with Crippen LogP contribution in [-0.2, 0) is 12.5 Å². The van der Waals surface area contributed by atoms with Crippen LogP contribution in [0, 0.1) is 29.1 Å². The standard InChI is InChI=1S/C36H25F7O/c1-2-3-4-5-22-6-8-24(9-7-22)27-20-33(40)35(34(41)21-27)36(42,43)44-28-14-10-23(11-15-28)25-12-16-29(31(38)18-25)26-13-17-30(37)32(39)19-26/h2-3,6-21H,4-5H2,1H3/b3-2+. The van der Waals surface area contributed by atoms with E-state index in [-0.39, 0.29) is 22.4 Å². The number of alkyl halides is 2. The molecule has 5 aromatic carbocycles. The highest BCUT2D eigenvalue weighted by Gasteiger charge is 2.41. The van der Waals surface area contributed by atoms with E-state index in [4.69, 9.17) is 4.74 Å². The Morgan fingerprint density at radius 1 is 0.568 bits per heavy atom. The maximum Gasteiger partial charge on any atom is 0.432 e. The molecule has 0 aliphatic rings. The van der Waals surface area contributed by atoms with Gasteiger partial charge in [0.25, 0.3) is 0 Å². The van der Waals surface area contributed by atoms with Crippen molar-refractivity contribution in [3.8, 4) is 39.1 Å². The zero-order chi connectivity index (χ0) is 31.4. The molecule has 0 atom stereocenters. The van der Waals surface area contributed by atoms with Crippen molar-refractivity contribution in [3.63, 3.8) is 0 Å². The molecule has 44 heavy (non-hydrogen) atoms. The Morgan fingerprint density at radius 2 is 1.11 bits per heavy atom. The van der Waals surface area contributed by atoms with Crippen LogP contribution < -0.4 is 4.74 Å². The van der Waals surface area contributed by atoms with Crippen LogP contribution in [0.4, 0.5) is 30.7 Å². The molecule has 0 N–H and O–H groups in total. The second kappa shape index (κ2) is 12.8. The molecule has 0 saturated heterocycles. The van der Waals surface area contributed by atoms with Gasteiger partial charge in [0.1, 0.15) is 28.8 Å². The molecule has 0 aliphatic carbocycles. The minimum Gasteiger partial charge on any atom is -0.429 e. The minimum atomic E-state index is -4.34. The molecule has 0 radical (unpaired) electrons. The molecule has 0 aromatic heterocycles. The third-order valence-corrected chi connectivity index (χ3v) is 7.09. The van der Waals surface area contributed by atoms with Gasteiger partial charge in [-0.25, -0.2) is 22.0 Å². The van der Waals surface area contributed by atoms with Crippen LogP contribution in [0.3, 0.4) is 0 Å². The van der Waals surface area contributed by atoms with E-state index >= 15 is 8.78 Å². The van der Waals surface area contributed by atoms with E-state index in [1.54, 1.807) is 12.1 Å². The Kier molecular flexibility index (Phi) is 8.90. The van der Waals surface area contributed by atoms with Crippen molar-refractivity contribution in [1.29, 1.82) is 0 Å². The van der Waals surface area contributed by atoms with E-state index < -0.39 is 40.8 Å². The lowest BCUT2D eigenvalue weighted by atomic mass is 9.99. The quantitative estimate of drug-likeness (QED) is 0.120. The summed E-state index contributed by atoms with van der Waals surface area (Å²) < 4.78 is 106. The summed E-state index contributed by atoms with van der Waals surface area (Å²) in [5, 5.41) is 0. The van der Waals surface area contributed by atoms with Gasteiger partial charge in [-0.15, -0.1) is 0 Å². The molecule has 0 unspecified atom stereocenters. The third-order valence-electron chi connectivity index (χ3n) is 7.09. The monoisotopic (exact) mass is 606 g/mol. The summed E-state index contributed by atoms with van der Waals surface area (Å²) in [7, 11) is 0. The molecule has 8 heteroatoms. The van der Waals surface area contributed by atoms with Gasteiger partial charge in [-0.1, -0.05) is 66.7 Å². The smallest absolute Gasteiger partial charge is 0.429 e. The fraction of sp³-hybridized carbons (Fsp3) is 0.111. The van der Waals surface area contributed by atoms with Crippen LogP contribution in [0.1, 0.15) is 24.5 Å². The van der Waals surface area contributed by atoms with Crippen molar-refractivity contribution in [2.24, 2.45) is 0 Å². The first-order valence-electron chi connectivity index (χ1n) is 13.7. The average Bonchev–Trinajstić information content (AvgIpc) is 2.99. The van der Waals surface area contributed by atoms with Crippen LogP contribution in [-0.4, -0.2) is 0 Å². The van der Waals surface area contributed by atoms with Gasteiger partial charge in [-0.2, -0.15) is 8.78 Å². The summed E-state index contributed by atoms with van der Waals surface area (Å²) in [6, 6.07) is 20.8. The number of aryl methyl sites for hydroxylation is 1. The molecule has 0 spiro atoms. The predicted molar refractivity (Wildman–Crippen MR) is 157 cm³/mol.